The van der Waals surface area contributed by atoms with E-state index >= 15 is 0 Å². The van der Waals surface area contributed by atoms with Crippen molar-refractivity contribution in [3.63, 3.8) is 0 Å². The summed E-state index contributed by atoms with van der Waals surface area (Å²) in [5.74, 6) is 0.640. The third-order valence-electron chi connectivity index (χ3n) is 4.44. The average molecular weight is 415 g/mol. The molecule has 29 heavy (non-hydrogen) atoms. The van der Waals surface area contributed by atoms with Gasteiger partial charge in [-0.05, 0) is 55.8 Å². The van der Waals surface area contributed by atoms with Crippen molar-refractivity contribution < 1.29 is 19.1 Å². The van der Waals surface area contributed by atoms with E-state index in [4.69, 9.17) is 21.1 Å². The van der Waals surface area contributed by atoms with E-state index in [1.807, 2.05) is 13.0 Å². The Morgan fingerprint density at radius 3 is 2.66 bits per heavy atom. The number of amides is 2. The molecular formula is C22H23ClN2O4. The van der Waals surface area contributed by atoms with Crippen LogP contribution in [0.1, 0.15) is 25.0 Å². The van der Waals surface area contributed by atoms with Crippen molar-refractivity contribution in [1.82, 2.24) is 4.90 Å². The fourth-order valence-electron chi connectivity index (χ4n) is 3.05. The summed E-state index contributed by atoms with van der Waals surface area (Å²) in [5, 5.41) is 3.39. The van der Waals surface area contributed by atoms with Crippen LogP contribution in [0, 0.1) is 0 Å². The molecule has 0 aromatic heterocycles. The summed E-state index contributed by atoms with van der Waals surface area (Å²) in [6.45, 7) is 3.99. The van der Waals surface area contributed by atoms with Crippen molar-refractivity contribution in [2.45, 2.75) is 20.0 Å². The third kappa shape index (κ3) is 4.54. The molecule has 1 heterocycles. The number of ether oxygens (including phenoxy) is 2. The van der Waals surface area contributed by atoms with Gasteiger partial charge < -0.3 is 19.7 Å². The number of hydrogen-bond donors (Lipinski definition) is 1. The number of fused-ring (bicyclic) bond motifs is 1. The standard InChI is InChI=1S/C22H23ClN2O4/c1-5-28-20-11-14(6-9-19(20)29-13(2)22(27)25(3)4)10-17-16-12-15(23)7-8-18(16)24-21(17)26/h6-13H,5H2,1-4H3,(H,24,26)/b17-10+. The number of anilines is 1. The van der Waals surface area contributed by atoms with Gasteiger partial charge >= 0.3 is 0 Å². The monoisotopic (exact) mass is 414 g/mol. The van der Waals surface area contributed by atoms with Gasteiger partial charge in [0.05, 0.1) is 6.61 Å². The molecule has 2 amide bonds. The number of halogens is 1. The summed E-state index contributed by atoms with van der Waals surface area (Å²) >= 11 is 6.09. The van der Waals surface area contributed by atoms with Crippen molar-refractivity contribution in [2.24, 2.45) is 0 Å². The minimum absolute atomic E-state index is 0.144. The van der Waals surface area contributed by atoms with Gasteiger partial charge in [-0.15, -0.1) is 0 Å². The van der Waals surface area contributed by atoms with Crippen molar-refractivity contribution in [1.29, 1.82) is 0 Å². The molecule has 1 aliphatic rings. The topological polar surface area (TPSA) is 67.9 Å². The van der Waals surface area contributed by atoms with Gasteiger partial charge in [-0.2, -0.15) is 0 Å². The lowest BCUT2D eigenvalue weighted by atomic mass is 10.0. The van der Waals surface area contributed by atoms with Crippen LogP contribution in [0.4, 0.5) is 5.69 Å². The Kier molecular flexibility index (Phi) is 6.13. The molecule has 1 aliphatic heterocycles. The van der Waals surface area contributed by atoms with Gasteiger partial charge in [0, 0.05) is 35.9 Å². The highest BCUT2D eigenvalue weighted by molar-refractivity contribution is 6.36. The lowest BCUT2D eigenvalue weighted by Crippen LogP contribution is -2.35. The van der Waals surface area contributed by atoms with Gasteiger partial charge in [0.1, 0.15) is 0 Å². The van der Waals surface area contributed by atoms with Gasteiger partial charge in [0.2, 0.25) is 0 Å². The fourth-order valence-corrected chi connectivity index (χ4v) is 3.23. The predicted molar refractivity (Wildman–Crippen MR) is 114 cm³/mol. The molecule has 0 fully saturated rings. The zero-order chi connectivity index (χ0) is 21.1. The maximum atomic E-state index is 12.4. The number of carbonyl (C=O) groups excluding carboxylic acids is 2. The summed E-state index contributed by atoms with van der Waals surface area (Å²) in [5.41, 5.74) is 2.78. The van der Waals surface area contributed by atoms with E-state index in [-0.39, 0.29) is 11.8 Å². The van der Waals surface area contributed by atoms with Gasteiger partial charge in [0.25, 0.3) is 11.8 Å². The summed E-state index contributed by atoms with van der Waals surface area (Å²) in [6.07, 6.45) is 1.13. The van der Waals surface area contributed by atoms with E-state index in [0.717, 1.165) is 16.8 Å². The molecule has 2 aromatic rings. The number of nitrogens with zero attached hydrogens (tertiary/aromatic N) is 1. The molecule has 0 spiro atoms. The minimum atomic E-state index is -0.650. The largest absolute Gasteiger partial charge is 0.490 e. The van der Waals surface area contributed by atoms with Crippen LogP contribution in [0.15, 0.2) is 36.4 Å². The van der Waals surface area contributed by atoms with Crippen LogP contribution < -0.4 is 14.8 Å². The van der Waals surface area contributed by atoms with E-state index < -0.39 is 6.10 Å². The van der Waals surface area contributed by atoms with Crippen LogP contribution in [0.3, 0.4) is 0 Å². The molecule has 0 saturated carbocycles. The SMILES string of the molecule is CCOc1cc(/C=C2/C(=O)Nc3ccc(Cl)cc32)ccc1OC(C)C(=O)N(C)C. The molecule has 0 saturated heterocycles. The van der Waals surface area contributed by atoms with Gasteiger partial charge in [-0.3, -0.25) is 9.59 Å². The second-order valence-electron chi connectivity index (χ2n) is 6.83. The Labute approximate surface area is 175 Å². The molecular weight excluding hydrogens is 392 g/mol. The smallest absolute Gasteiger partial charge is 0.262 e. The molecule has 1 N–H and O–H groups in total. The van der Waals surface area contributed by atoms with Gasteiger partial charge in [-0.1, -0.05) is 17.7 Å². The lowest BCUT2D eigenvalue weighted by molar-refractivity contribution is -0.135. The van der Waals surface area contributed by atoms with Crippen LogP contribution in [0.2, 0.25) is 5.02 Å². The highest BCUT2D eigenvalue weighted by Gasteiger charge is 2.24. The van der Waals surface area contributed by atoms with Crippen LogP contribution in [0.25, 0.3) is 11.6 Å². The zero-order valence-corrected chi connectivity index (χ0v) is 17.5. The first-order valence-electron chi connectivity index (χ1n) is 9.27. The van der Waals surface area contributed by atoms with E-state index in [1.165, 1.54) is 4.90 Å². The van der Waals surface area contributed by atoms with Gasteiger partial charge in [-0.25, -0.2) is 0 Å². The zero-order valence-electron chi connectivity index (χ0n) is 16.8. The molecule has 1 atom stereocenters. The first-order valence-corrected chi connectivity index (χ1v) is 9.65. The van der Waals surface area contributed by atoms with E-state index in [1.54, 1.807) is 57.4 Å². The Bertz CT molecular complexity index is 985. The Hall–Kier alpha value is -2.99. The quantitative estimate of drug-likeness (QED) is 0.723. The second-order valence-corrected chi connectivity index (χ2v) is 7.27. The molecule has 0 aliphatic carbocycles. The molecule has 2 aromatic carbocycles. The van der Waals surface area contributed by atoms with E-state index in [0.29, 0.717) is 28.7 Å². The van der Waals surface area contributed by atoms with Crippen LogP contribution >= 0.6 is 11.6 Å². The number of benzene rings is 2. The average Bonchev–Trinajstić information content (AvgIpc) is 2.98. The summed E-state index contributed by atoms with van der Waals surface area (Å²) < 4.78 is 11.5. The van der Waals surface area contributed by atoms with Gasteiger partial charge in [0.15, 0.2) is 17.6 Å². The number of carbonyl (C=O) groups is 2. The minimum Gasteiger partial charge on any atom is -0.490 e. The Morgan fingerprint density at radius 1 is 1.21 bits per heavy atom. The third-order valence-corrected chi connectivity index (χ3v) is 4.67. The molecule has 6 nitrogen and oxygen atoms in total. The predicted octanol–water partition coefficient (Wildman–Crippen LogP) is 4.09. The van der Waals surface area contributed by atoms with Crippen LogP contribution in [-0.2, 0) is 9.59 Å². The number of hydrogen-bond acceptors (Lipinski definition) is 4. The van der Waals surface area contributed by atoms with Crippen molar-refractivity contribution in [3.05, 3.63) is 52.5 Å². The summed E-state index contributed by atoms with van der Waals surface area (Å²) in [4.78, 5) is 26.0. The van der Waals surface area contributed by atoms with Crippen molar-refractivity contribution >= 4 is 40.8 Å². The normalized spacial score (nSPS) is 14.9. The maximum absolute atomic E-state index is 12.4. The van der Waals surface area contributed by atoms with E-state index in [9.17, 15) is 9.59 Å². The van der Waals surface area contributed by atoms with Crippen LogP contribution in [-0.4, -0.2) is 43.5 Å². The first kappa shape index (κ1) is 20.7. The highest BCUT2D eigenvalue weighted by atomic mass is 35.5. The molecule has 3 rings (SSSR count). The Balaban J connectivity index is 1.93. The highest BCUT2D eigenvalue weighted by Crippen LogP contribution is 2.36. The molecule has 0 bridgehead atoms. The van der Waals surface area contributed by atoms with Crippen LogP contribution in [0.5, 0.6) is 11.5 Å². The number of likely N-dealkylation sites (N-methyl/N-ethyl adjacent to an activating group) is 1. The first-order chi connectivity index (χ1) is 13.8. The maximum Gasteiger partial charge on any atom is 0.262 e. The lowest BCUT2D eigenvalue weighted by Gasteiger charge is -2.20. The summed E-state index contributed by atoms with van der Waals surface area (Å²) in [6, 6.07) is 10.6. The van der Waals surface area contributed by atoms with Crippen molar-refractivity contribution in [3.8, 4) is 11.5 Å². The number of rotatable bonds is 6. The fraction of sp³-hybridized carbons (Fsp3) is 0.273. The van der Waals surface area contributed by atoms with E-state index in [2.05, 4.69) is 5.32 Å². The molecule has 1 unspecified atom stereocenters. The van der Waals surface area contributed by atoms with Crippen molar-refractivity contribution in [2.75, 3.05) is 26.0 Å². The molecule has 0 radical (unpaired) electrons. The molecule has 7 heteroatoms. The summed E-state index contributed by atoms with van der Waals surface area (Å²) in [7, 11) is 3.36. The second kappa shape index (κ2) is 8.57. The molecule has 152 valence electrons. The Morgan fingerprint density at radius 2 is 1.97 bits per heavy atom. The number of nitrogens with one attached hydrogen (secondary N) is 1.